The largest absolute Gasteiger partial charge is 0.238 e. The Kier molecular flexibility index (Phi) is 5.31. The molecule has 4 rings (SSSR count). The lowest BCUT2D eigenvalue weighted by molar-refractivity contribution is 0.598. The van der Waals surface area contributed by atoms with Crippen LogP contribution in [-0.4, -0.2) is 18.2 Å². The molecule has 1 aromatic heterocycles. The van der Waals surface area contributed by atoms with Gasteiger partial charge in [0, 0.05) is 20.6 Å². The van der Waals surface area contributed by atoms with Crippen LogP contribution in [0.25, 0.3) is 28.2 Å². The molecule has 0 amide bonds. The molecule has 0 aliphatic carbocycles. The van der Waals surface area contributed by atoms with Gasteiger partial charge in [-0.2, -0.15) is 5.10 Å². The summed E-state index contributed by atoms with van der Waals surface area (Å²) in [6.07, 6.45) is 0. The fourth-order valence-corrected chi connectivity index (χ4v) is 3.85. The molecule has 5 nitrogen and oxygen atoms in total. The van der Waals surface area contributed by atoms with E-state index in [0.717, 1.165) is 32.7 Å². The van der Waals surface area contributed by atoms with Crippen LogP contribution in [0.4, 0.5) is 0 Å². The Bertz CT molecular complexity index is 1270. The van der Waals surface area contributed by atoms with Crippen molar-refractivity contribution in [2.75, 3.05) is 0 Å². The molecule has 0 atom stereocenters. The quantitative estimate of drug-likeness (QED) is 0.425. The third kappa shape index (κ3) is 4.28. The van der Waals surface area contributed by atoms with Crippen molar-refractivity contribution in [2.45, 2.75) is 4.90 Å². The number of nitrogens with two attached hydrogens (primary N) is 1. The van der Waals surface area contributed by atoms with Crippen molar-refractivity contribution in [1.29, 1.82) is 0 Å². The zero-order valence-electron chi connectivity index (χ0n) is 15.0. The molecule has 1 heterocycles. The van der Waals surface area contributed by atoms with Gasteiger partial charge in [-0.05, 0) is 54.6 Å². The number of hydrogen-bond donors (Lipinski definition) is 1. The molecule has 0 saturated heterocycles. The molecule has 0 aliphatic rings. The van der Waals surface area contributed by atoms with Gasteiger partial charge in [0.15, 0.2) is 0 Å². The van der Waals surface area contributed by atoms with Crippen molar-refractivity contribution < 1.29 is 8.42 Å². The minimum atomic E-state index is -3.76. The number of aromatic nitrogens is 2. The SMILES string of the molecule is NS(=O)(=O)c1ccc(-n2nc(-c3ccc(Cl)cc3)cc2-c2ccc(Br)cc2)cc1. The second-order valence-corrected chi connectivity index (χ2v) is 9.29. The van der Waals surface area contributed by atoms with Gasteiger partial charge in [-0.15, -0.1) is 0 Å². The van der Waals surface area contributed by atoms with E-state index in [1.54, 1.807) is 16.8 Å². The van der Waals surface area contributed by atoms with Crippen molar-refractivity contribution in [3.8, 4) is 28.2 Å². The second-order valence-electron chi connectivity index (χ2n) is 6.38. The van der Waals surface area contributed by atoms with Gasteiger partial charge in [-0.3, -0.25) is 0 Å². The highest BCUT2D eigenvalue weighted by atomic mass is 79.9. The van der Waals surface area contributed by atoms with Gasteiger partial charge in [-0.1, -0.05) is 51.8 Å². The molecule has 0 saturated carbocycles. The zero-order chi connectivity index (χ0) is 20.6. The van der Waals surface area contributed by atoms with Gasteiger partial charge in [0.1, 0.15) is 0 Å². The van der Waals surface area contributed by atoms with Crippen LogP contribution in [-0.2, 0) is 10.0 Å². The van der Waals surface area contributed by atoms with E-state index in [-0.39, 0.29) is 4.90 Å². The fraction of sp³-hybridized carbons (Fsp3) is 0. The van der Waals surface area contributed by atoms with Crippen LogP contribution in [0, 0.1) is 0 Å². The maximum absolute atomic E-state index is 11.6. The monoisotopic (exact) mass is 487 g/mol. The van der Waals surface area contributed by atoms with E-state index in [0.29, 0.717) is 5.02 Å². The standard InChI is InChI=1S/C21H15BrClN3O2S/c22-16-5-1-15(2-6-16)21-13-20(14-3-7-17(23)8-4-14)25-26(21)18-9-11-19(12-10-18)29(24,27)28/h1-13H,(H2,24,27,28). The molecule has 0 spiro atoms. The number of sulfonamides is 1. The smallest absolute Gasteiger partial charge is 0.232 e. The first-order valence-electron chi connectivity index (χ1n) is 8.56. The summed E-state index contributed by atoms with van der Waals surface area (Å²) in [7, 11) is -3.76. The summed E-state index contributed by atoms with van der Waals surface area (Å²) in [6, 6.07) is 23.6. The number of hydrogen-bond acceptors (Lipinski definition) is 3. The van der Waals surface area contributed by atoms with E-state index >= 15 is 0 Å². The first-order chi connectivity index (χ1) is 13.8. The summed E-state index contributed by atoms with van der Waals surface area (Å²) < 4.78 is 25.9. The lowest BCUT2D eigenvalue weighted by atomic mass is 10.1. The summed E-state index contributed by atoms with van der Waals surface area (Å²) in [5.74, 6) is 0. The molecule has 0 unspecified atom stereocenters. The van der Waals surface area contributed by atoms with Gasteiger partial charge in [0.25, 0.3) is 0 Å². The maximum atomic E-state index is 11.6. The first kappa shape index (κ1) is 19.8. The van der Waals surface area contributed by atoms with E-state index in [1.807, 2.05) is 54.6 Å². The lowest BCUT2D eigenvalue weighted by Gasteiger charge is -2.08. The third-order valence-corrected chi connectivity index (χ3v) is 6.11. The van der Waals surface area contributed by atoms with Crippen molar-refractivity contribution in [1.82, 2.24) is 9.78 Å². The van der Waals surface area contributed by atoms with Crippen molar-refractivity contribution >= 4 is 37.6 Å². The molecule has 4 aromatic rings. The number of halogens is 2. The molecule has 3 aromatic carbocycles. The Morgan fingerprint density at radius 1 is 0.862 bits per heavy atom. The van der Waals surface area contributed by atoms with Gasteiger partial charge in [-0.25, -0.2) is 18.2 Å². The van der Waals surface area contributed by atoms with Crippen LogP contribution in [0.5, 0.6) is 0 Å². The van der Waals surface area contributed by atoms with Gasteiger partial charge in [0.05, 0.1) is 22.0 Å². The molecule has 0 aliphatic heterocycles. The molecule has 29 heavy (non-hydrogen) atoms. The van der Waals surface area contributed by atoms with Crippen LogP contribution < -0.4 is 5.14 Å². The Hall–Kier alpha value is -2.45. The van der Waals surface area contributed by atoms with Crippen LogP contribution in [0.3, 0.4) is 0 Å². The number of benzene rings is 3. The van der Waals surface area contributed by atoms with Crippen LogP contribution in [0.2, 0.25) is 5.02 Å². The molecule has 0 fully saturated rings. The first-order valence-corrected chi connectivity index (χ1v) is 11.3. The lowest BCUT2D eigenvalue weighted by Crippen LogP contribution is -2.12. The van der Waals surface area contributed by atoms with E-state index in [9.17, 15) is 8.42 Å². The third-order valence-electron chi connectivity index (χ3n) is 4.40. The van der Waals surface area contributed by atoms with Gasteiger partial charge >= 0.3 is 0 Å². The summed E-state index contributed by atoms with van der Waals surface area (Å²) in [5, 5.41) is 10.6. The highest BCUT2D eigenvalue weighted by Crippen LogP contribution is 2.30. The highest BCUT2D eigenvalue weighted by molar-refractivity contribution is 9.10. The summed E-state index contributed by atoms with van der Waals surface area (Å²) in [6.45, 7) is 0. The van der Waals surface area contributed by atoms with Gasteiger partial charge in [0.2, 0.25) is 10.0 Å². The number of nitrogens with zero attached hydrogens (tertiary/aromatic N) is 2. The number of rotatable bonds is 4. The molecule has 0 radical (unpaired) electrons. The van der Waals surface area contributed by atoms with E-state index in [1.165, 1.54) is 12.1 Å². The average Bonchev–Trinajstić information content (AvgIpc) is 3.14. The molecular formula is C21H15BrClN3O2S. The average molecular weight is 489 g/mol. The predicted octanol–water partition coefficient (Wildman–Crippen LogP) is 5.27. The van der Waals surface area contributed by atoms with Crippen molar-refractivity contribution in [3.05, 3.63) is 88.4 Å². The molecule has 0 bridgehead atoms. The van der Waals surface area contributed by atoms with Gasteiger partial charge < -0.3 is 0 Å². The van der Waals surface area contributed by atoms with Crippen molar-refractivity contribution in [3.63, 3.8) is 0 Å². The van der Waals surface area contributed by atoms with Crippen LogP contribution >= 0.6 is 27.5 Å². The molecule has 146 valence electrons. The summed E-state index contributed by atoms with van der Waals surface area (Å²) in [5.41, 5.74) is 4.25. The van der Waals surface area contributed by atoms with E-state index < -0.39 is 10.0 Å². The van der Waals surface area contributed by atoms with Crippen LogP contribution in [0.1, 0.15) is 0 Å². The Morgan fingerprint density at radius 2 is 1.45 bits per heavy atom. The second kappa shape index (κ2) is 7.76. The maximum Gasteiger partial charge on any atom is 0.238 e. The topological polar surface area (TPSA) is 78.0 Å². The van der Waals surface area contributed by atoms with Crippen LogP contribution in [0.15, 0.2) is 88.2 Å². The Balaban J connectivity index is 1.86. The molecule has 2 N–H and O–H groups in total. The normalized spacial score (nSPS) is 11.6. The minimum Gasteiger partial charge on any atom is -0.232 e. The van der Waals surface area contributed by atoms with Crippen molar-refractivity contribution in [2.24, 2.45) is 5.14 Å². The Labute approximate surface area is 181 Å². The zero-order valence-corrected chi connectivity index (χ0v) is 18.1. The van der Waals surface area contributed by atoms with E-state index in [2.05, 4.69) is 15.9 Å². The minimum absolute atomic E-state index is 0.0523. The molecular weight excluding hydrogens is 474 g/mol. The van der Waals surface area contributed by atoms with E-state index in [4.69, 9.17) is 21.8 Å². The predicted molar refractivity (Wildman–Crippen MR) is 119 cm³/mol. The Morgan fingerprint density at radius 3 is 2.03 bits per heavy atom. The highest BCUT2D eigenvalue weighted by Gasteiger charge is 2.14. The molecule has 8 heteroatoms. The number of primary sulfonamides is 1. The summed E-state index contributed by atoms with van der Waals surface area (Å²) in [4.78, 5) is 0.0523. The fourth-order valence-electron chi connectivity index (χ4n) is 2.94. The summed E-state index contributed by atoms with van der Waals surface area (Å²) >= 11 is 9.46.